The highest BCUT2D eigenvalue weighted by Crippen LogP contribution is 2.35. The van der Waals surface area contributed by atoms with Gasteiger partial charge in [0.1, 0.15) is 12.4 Å². The predicted molar refractivity (Wildman–Crippen MR) is 67.7 cm³/mol. The first-order valence-corrected chi connectivity index (χ1v) is 5.96. The highest BCUT2D eigenvalue weighted by molar-refractivity contribution is 5.98. The van der Waals surface area contributed by atoms with Gasteiger partial charge in [0.05, 0.1) is 12.1 Å². The summed E-state index contributed by atoms with van der Waals surface area (Å²) in [6.45, 7) is 9.51. The molecule has 1 aliphatic rings. The van der Waals surface area contributed by atoms with Gasteiger partial charge in [-0.1, -0.05) is 26.8 Å². The van der Waals surface area contributed by atoms with Crippen LogP contribution in [0.25, 0.3) is 0 Å². The van der Waals surface area contributed by atoms with Crippen LogP contribution in [0.3, 0.4) is 0 Å². The molecule has 17 heavy (non-hydrogen) atoms. The summed E-state index contributed by atoms with van der Waals surface area (Å²) < 4.78 is 5.75. The second-order valence-electron chi connectivity index (χ2n) is 5.54. The molecule has 0 aliphatic carbocycles. The molecule has 0 saturated heterocycles. The Morgan fingerprint density at radius 2 is 2.00 bits per heavy atom. The maximum absolute atomic E-state index is 11.9. The van der Waals surface area contributed by atoms with Gasteiger partial charge in [0.2, 0.25) is 0 Å². The van der Waals surface area contributed by atoms with Crippen LogP contribution >= 0.6 is 0 Å². The number of carbonyl (C=O) groups is 1. The zero-order valence-electron chi connectivity index (χ0n) is 10.9. The number of carbonyl (C=O) groups excluding carboxylic acids is 1. The number of nitrogens with one attached hydrogen (secondary N) is 1. The van der Waals surface area contributed by atoms with E-state index >= 15 is 0 Å². The summed E-state index contributed by atoms with van der Waals surface area (Å²) in [5.41, 5.74) is 2.83. The summed E-state index contributed by atoms with van der Waals surface area (Å²) in [6.07, 6.45) is 0. The van der Waals surface area contributed by atoms with E-state index < -0.39 is 0 Å². The van der Waals surface area contributed by atoms with Crippen LogP contribution in [-0.4, -0.2) is 19.1 Å². The van der Waals surface area contributed by atoms with Gasteiger partial charge in [-0.25, -0.2) is 0 Å². The Labute approximate surface area is 102 Å². The Kier molecular flexibility index (Phi) is 2.86. The summed E-state index contributed by atoms with van der Waals surface area (Å²) in [5, 5.41) is 2.84. The average molecular weight is 233 g/mol. The standard InChI is InChI=1S/C14H19NO2/c1-9-7-10-12(11(8-9)14(2,3)4)17-6-5-15-13(10)16/h7-8H,5-6H2,1-4H3,(H,15,16). The van der Waals surface area contributed by atoms with E-state index in [0.717, 1.165) is 16.9 Å². The quantitative estimate of drug-likeness (QED) is 0.747. The zero-order chi connectivity index (χ0) is 12.6. The molecule has 2 rings (SSSR count). The van der Waals surface area contributed by atoms with E-state index in [4.69, 9.17) is 4.74 Å². The molecule has 0 saturated carbocycles. The number of hydrogen-bond donors (Lipinski definition) is 1. The van der Waals surface area contributed by atoms with E-state index in [-0.39, 0.29) is 11.3 Å². The molecule has 1 aliphatic heterocycles. The van der Waals surface area contributed by atoms with Crippen molar-refractivity contribution in [2.45, 2.75) is 33.1 Å². The van der Waals surface area contributed by atoms with Crippen LogP contribution in [0, 0.1) is 6.92 Å². The normalized spacial score (nSPS) is 15.6. The first kappa shape index (κ1) is 12.0. The lowest BCUT2D eigenvalue weighted by Gasteiger charge is -2.24. The largest absolute Gasteiger partial charge is 0.491 e. The van der Waals surface area contributed by atoms with E-state index in [0.29, 0.717) is 18.7 Å². The van der Waals surface area contributed by atoms with Gasteiger partial charge in [0.25, 0.3) is 5.91 Å². The third-order valence-corrected chi connectivity index (χ3v) is 2.92. The molecule has 1 amide bonds. The predicted octanol–water partition coefficient (Wildman–Crippen LogP) is 2.41. The maximum atomic E-state index is 11.9. The fraction of sp³-hybridized carbons (Fsp3) is 0.500. The van der Waals surface area contributed by atoms with Gasteiger partial charge in [-0.3, -0.25) is 4.79 Å². The third-order valence-electron chi connectivity index (χ3n) is 2.92. The van der Waals surface area contributed by atoms with Crippen molar-refractivity contribution in [3.63, 3.8) is 0 Å². The topological polar surface area (TPSA) is 38.3 Å². The average Bonchev–Trinajstić information content (AvgIpc) is 2.39. The van der Waals surface area contributed by atoms with E-state index in [1.54, 1.807) is 0 Å². The van der Waals surface area contributed by atoms with Crippen molar-refractivity contribution in [3.8, 4) is 5.75 Å². The molecule has 1 aromatic rings. The molecular formula is C14H19NO2. The summed E-state index contributed by atoms with van der Waals surface area (Å²) in [5.74, 6) is 0.713. The molecule has 92 valence electrons. The van der Waals surface area contributed by atoms with Crippen LogP contribution in [0.15, 0.2) is 12.1 Å². The van der Waals surface area contributed by atoms with E-state index in [2.05, 4.69) is 32.2 Å². The minimum atomic E-state index is -0.0355. The third kappa shape index (κ3) is 2.28. The molecule has 1 aromatic carbocycles. The molecule has 0 radical (unpaired) electrons. The number of aryl methyl sites for hydroxylation is 1. The van der Waals surface area contributed by atoms with Gasteiger partial charge in [-0.2, -0.15) is 0 Å². The number of amides is 1. The lowest BCUT2D eigenvalue weighted by Crippen LogP contribution is -2.24. The van der Waals surface area contributed by atoms with Crippen molar-refractivity contribution in [1.82, 2.24) is 5.32 Å². The van der Waals surface area contributed by atoms with Gasteiger partial charge < -0.3 is 10.1 Å². The fourth-order valence-corrected chi connectivity index (χ4v) is 2.07. The zero-order valence-corrected chi connectivity index (χ0v) is 10.9. The number of ether oxygens (including phenoxy) is 1. The molecule has 0 unspecified atom stereocenters. The number of benzene rings is 1. The first-order valence-electron chi connectivity index (χ1n) is 5.96. The Hall–Kier alpha value is -1.51. The van der Waals surface area contributed by atoms with E-state index in [1.807, 2.05) is 13.0 Å². The van der Waals surface area contributed by atoms with Gasteiger partial charge in [-0.05, 0) is 24.0 Å². The SMILES string of the molecule is Cc1cc2c(c(C(C)(C)C)c1)OCCNC2=O. The maximum Gasteiger partial charge on any atom is 0.255 e. The highest BCUT2D eigenvalue weighted by atomic mass is 16.5. The second kappa shape index (κ2) is 4.06. The smallest absolute Gasteiger partial charge is 0.255 e. The lowest BCUT2D eigenvalue weighted by molar-refractivity contribution is 0.0957. The molecule has 0 fully saturated rings. The summed E-state index contributed by atoms with van der Waals surface area (Å²) >= 11 is 0. The molecule has 0 aromatic heterocycles. The Morgan fingerprint density at radius 1 is 1.29 bits per heavy atom. The first-order chi connectivity index (χ1) is 7.89. The number of fused-ring (bicyclic) bond motifs is 1. The van der Waals surface area contributed by atoms with Crippen molar-refractivity contribution < 1.29 is 9.53 Å². The lowest BCUT2D eigenvalue weighted by atomic mass is 9.84. The number of rotatable bonds is 0. The minimum absolute atomic E-state index is 0.0271. The molecule has 0 bridgehead atoms. The molecular weight excluding hydrogens is 214 g/mol. The van der Waals surface area contributed by atoms with Crippen molar-refractivity contribution in [3.05, 3.63) is 28.8 Å². The Bertz CT molecular complexity index is 458. The second-order valence-corrected chi connectivity index (χ2v) is 5.54. The van der Waals surface area contributed by atoms with Crippen LogP contribution < -0.4 is 10.1 Å². The van der Waals surface area contributed by atoms with Gasteiger partial charge in [0, 0.05) is 5.56 Å². The van der Waals surface area contributed by atoms with Crippen molar-refractivity contribution in [1.29, 1.82) is 0 Å². The molecule has 3 nitrogen and oxygen atoms in total. The molecule has 3 heteroatoms. The van der Waals surface area contributed by atoms with Gasteiger partial charge in [0.15, 0.2) is 0 Å². The molecule has 1 heterocycles. The number of hydrogen-bond acceptors (Lipinski definition) is 2. The van der Waals surface area contributed by atoms with Crippen molar-refractivity contribution >= 4 is 5.91 Å². The van der Waals surface area contributed by atoms with Gasteiger partial charge in [-0.15, -0.1) is 0 Å². The van der Waals surface area contributed by atoms with Crippen LogP contribution in [0.5, 0.6) is 5.75 Å². The van der Waals surface area contributed by atoms with Crippen LogP contribution in [0.4, 0.5) is 0 Å². The fourth-order valence-electron chi connectivity index (χ4n) is 2.07. The minimum Gasteiger partial charge on any atom is -0.491 e. The van der Waals surface area contributed by atoms with Gasteiger partial charge >= 0.3 is 0 Å². The molecule has 1 N–H and O–H groups in total. The Morgan fingerprint density at radius 3 is 2.65 bits per heavy atom. The summed E-state index contributed by atoms with van der Waals surface area (Å²) in [4.78, 5) is 11.9. The van der Waals surface area contributed by atoms with Crippen molar-refractivity contribution in [2.75, 3.05) is 13.2 Å². The molecule has 0 atom stereocenters. The summed E-state index contributed by atoms with van der Waals surface area (Å²) in [7, 11) is 0. The highest BCUT2D eigenvalue weighted by Gasteiger charge is 2.26. The van der Waals surface area contributed by atoms with Crippen LogP contribution in [0.1, 0.15) is 42.3 Å². The van der Waals surface area contributed by atoms with Crippen LogP contribution in [0.2, 0.25) is 0 Å². The van der Waals surface area contributed by atoms with E-state index in [1.165, 1.54) is 0 Å². The molecule has 0 spiro atoms. The summed E-state index contributed by atoms with van der Waals surface area (Å²) in [6, 6.07) is 4.00. The monoisotopic (exact) mass is 233 g/mol. The van der Waals surface area contributed by atoms with E-state index in [9.17, 15) is 4.79 Å². The Balaban J connectivity index is 2.65. The van der Waals surface area contributed by atoms with Crippen molar-refractivity contribution in [2.24, 2.45) is 0 Å². The van der Waals surface area contributed by atoms with Crippen LogP contribution in [-0.2, 0) is 5.41 Å².